The van der Waals surface area contributed by atoms with Gasteiger partial charge in [0.25, 0.3) is 0 Å². The monoisotopic (exact) mass is 250 g/mol. The van der Waals surface area contributed by atoms with Gasteiger partial charge < -0.3 is 0 Å². The van der Waals surface area contributed by atoms with E-state index in [9.17, 15) is 13.2 Å². The van der Waals surface area contributed by atoms with Gasteiger partial charge in [-0.1, -0.05) is 33.6 Å². The summed E-state index contributed by atoms with van der Waals surface area (Å²) in [5.41, 5.74) is 1.95. The zero-order valence-electron chi connectivity index (χ0n) is 10.7. The van der Waals surface area contributed by atoms with Crippen molar-refractivity contribution in [2.75, 3.05) is 0 Å². The van der Waals surface area contributed by atoms with E-state index in [0.717, 1.165) is 25.7 Å². The van der Waals surface area contributed by atoms with Gasteiger partial charge in [-0.25, -0.2) is 5.43 Å². The fraction of sp³-hybridized carbons (Fsp3) is 0.917. The first-order valence-corrected chi connectivity index (χ1v) is 6.08. The Bertz CT molecular complexity index is 270. The van der Waals surface area contributed by atoms with Crippen LogP contribution in [0, 0.1) is 11.3 Å². The van der Waals surface area contributed by atoms with Crippen LogP contribution < -0.4 is 5.43 Å². The summed E-state index contributed by atoms with van der Waals surface area (Å²) in [5, 5.41) is 3.60. The van der Waals surface area contributed by atoms with Crippen LogP contribution in [0.15, 0.2) is 5.10 Å². The fourth-order valence-corrected chi connectivity index (χ4v) is 2.21. The standard InChI is InChI=1S/C12H21F3N2/c1-11(2,3)8-10(9-6-4-5-7-9)16-17-12(13,14)15/h9,17H,4-8H2,1-3H3. The number of alkyl halides is 3. The number of hydrazone groups is 1. The van der Waals surface area contributed by atoms with Crippen molar-refractivity contribution in [3.8, 4) is 0 Å². The normalized spacial score (nSPS) is 19.8. The average Bonchev–Trinajstić information content (AvgIpc) is 2.61. The average molecular weight is 250 g/mol. The summed E-state index contributed by atoms with van der Waals surface area (Å²) in [6.45, 7) is 6.06. The first-order chi connectivity index (χ1) is 7.67. The molecule has 0 aromatic carbocycles. The largest absolute Gasteiger partial charge is 0.497 e. The Kier molecular flexibility index (Phi) is 4.44. The Labute approximate surface area is 101 Å². The minimum Gasteiger partial charge on any atom is -0.218 e. The van der Waals surface area contributed by atoms with E-state index in [2.05, 4.69) is 5.10 Å². The van der Waals surface area contributed by atoms with Crippen LogP contribution in [0.3, 0.4) is 0 Å². The molecule has 1 saturated carbocycles. The molecule has 1 fully saturated rings. The molecule has 0 radical (unpaired) electrons. The summed E-state index contributed by atoms with van der Waals surface area (Å²) in [6.07, 6.45) is 0.311. The third-order valence-electron chi connectivity index (χ3n) is 2.86. The van der Waals surface area contributed by atoms with Crippen LogP contribution >= 0.6 is 0 Å². The SMILES string of the molecule is CC(C)(C)CC(=NNC(F)(F)F)C1CCCC1. The van der Waals surface area contributed by atoms with Gasteiger partial charge in [0.15, 0.2) is 0 Å². The molecular formula is C12H21F3N2. The molecule has 1 aliphatic rings. The van der Waals surface area contributed by atoms with Crippen LogP contribution in [0.5, 0.6) is 0 Å². The summed E-state index contributed by atoms with van der Waals surface area (Å²) in [7, 11) is 0. The van der Waals surface area contributed by atoms with Gasteiger partial charge in [-0.3, -0.25) is 0 Å². The van der Waals surface area contributed by atoms with Crippen molar-refractivity contribution in [2.24, 2.45) is 16.4 Å². The Morgan fingerprint density at radius 1 is 1.18 bits per heavy atom. The van der Waals surface area contributed by atoms with E-state index in [0.29, 0.717) is 12.1 Å². The highest BCUT2D eigenvalue weighted by atomic mass is 19.4. The smallest absolute Gasteiger partial charge is 0.218 e. The van der Waals surface area contributed by atoms with Crippen LogP contribution in [0.4, 0.5) is 13.2 Å². The van der Waals surface area contributed by atoms with Gasteiger partial charge in [-0.15, -0.1) is 13.2 Å². The van der Waals surface area contributed by atoms with E-state index in [-0.39, 0.29) is 11.3 Å². The molecule has 1 N–H and O–H groups in total. The number of rotatable bonds is 3. The Hall–Kier alpha value is -0.740. The molecule has 100 valence electrons. The lowest BCUT2D eigenvalue weighted by atomic mass is 9.84. The number of hydrogen-bond donors (Lipinski definition) is 1. The molecule has 1 aliphatic carbocycles. The minimum atomic E-state index is -4.43. The Morgan fingerprint density at radius 2 is 1.71 bits per heavy atom. The van der Waals surface area contributed by atoms with Gasteiger partial charge in [-0.2, -0.15) is 5.10 Å². The molecule has 0 aromatic heterocycles. The summed E-state index contributed by atoms with van der Waals surface area (Å²) < 4.78 is 36.4. The van der Waals surface area contributed by atoms with E-state index >= 15 is 0 Å². The molecule has 0 aliphatic heterocycles. The number of nitrogens with zero attached hydrogens (tertiary/aromatic N) is 1. The number of hydrogen-bond acceptors (Lipinski definition) is 2. The zero-order valence-corrected chi connectivity index (χ0v) is 10.7. The van der Waals surface area contributed by atoms with E-state index in [1.54, 1.807) is 0 Å². The highest BCUT2D eigenvalue weighted by Gasteiger charge is 2.29. The highest BCUT2D eigenvalue weighted by molar-refractivity contribution is 5.87. The van der Waals surface area contributed by atoms with Crippen molar-refractivity contribution in [1.82, 2.24) is 5.43 Å². The predicted octanol–water partition coefficient (Wildman–Crippen LogP) is 4.08. The molecular weight excluding hydrogens is 229 g/mol. The molecule has 0 amide bonds. The van der Waals surface area contributed by atoms with Crippen molar-refractivity contribution < 1.29 is 13.2 Å². The lowest BCUT2D eigenvalue weighted by Gasteiger charge is -2.23. The topological polar surface area (TPSA) is 24.4 Å². The number of halogens is 3. The van der Waals surface area contributed by atoms with Crippen LogP contribution in [-0.2, 0) is 0 Å². The van der Waals surface area contributed by atoms with Gasteiger partial charge in [-0.05, 0) is 30.6 Å². The van der Waals surface area contributed by atoms with E-state index in [4.69, 9.17) is 0 Å². The molecule has 0 bridgehead atoms. The highest BCUT2D eigenvalue weighted by Crippen LogP contribution is 2.31. The molecule has 0 unspecified atom stereocenters. The summed E-state index contributed by atoms with van der Waals surface area (Å²) in [6, 6.07) is 0. The van der Waals surface area contributed by atoms with Gasteiger partial charge in [0.05, 0.1) is 0 Å². The maximum Gasteiger partial charge on any atom is 0.497 e. The molecule has 0 spiro atoms. The summed E-state index contributed by atoms with van der Waals surface area (Å²) >= 11 is 0. The van der Waals surface area contributed by atoms with Gasteiger partial charge in [0.2, 0.25) is 0 Å². The first-order valence-electron chi connectivity index (χ1n) is 6.08. The quantitative estimate of drug-likeness (QED) is 0.455. The summed E-state index contributed by atoms with van der Waals surface area (Å²) in [4.78, 5) is 0. The van der Waals surface area contributed by atoms with Crippen LogP contribution in [0.2, 0.25) is 0 Å². The molecule has 5 heteroatoms. The van der Waals surface area contributed by atoms with Crippen LogP contribution in [-0.4, -0.2) is 12.0 Å². The second kappa shape index (κ2) is 5.27. The summed E-state index contributed by atoms with van der Waals surface area (Å²) in [5.74, 6) is 0.226. The van der Waals surface area contributed by atoms with Crippen molar-refractivity contribution in [1.29, 1.82) is 0 Å². The predicted molar refractivity (Wildman–Crippen MR) is 62.7 cm³/mol. The maximum atomic E-state index is 12.1. The van der Waals surface area contributed by atoms with Crippen LogP contribution in [0.1, 0.15) is 52.9 Å². The third-order valence-corrected chi connectivity index (χ3v) is 2.86. The van der Waals surface area contributed by atoms with Gasteiger partial charge in [0, 0.05) is 5.71 Å². The second-order valence-electron chi connectivity index (χ2n) is 5.93. The molecule has 0 heterocycles. The van der Waals surface area contributed by atoms with E-state index in [1.807, 2.05) is 20.8 Å². The zero-order chi connectivity index (χ0) is 13.1. The minimum absolute atomic E-state index is 0.0330. The Morgan fingerprint density at radius 3 is 2.12 bits per heavy atom. The van der Waals surface area contributed by atoms with E-state index < -0.39 is 6.30 Å². The molecule has 2 nitrogen and oxygen atoms in total. The Balaban J connectivity index is 2.71. The lowest BCUT2D eigenvalue weighted by molar-refractivity contribution is -0.156. The molecule has 0 atom stereocenters. The van der Waals surface area contributed by atoms with Crippen molar-refractivity contribution in [3.05, 3.63) is 0 Å². The van der Waals surface area contributed by atoms with Gasteiger partial charge >= 0.3 is 6.30 Å². The van der Waals surface area contributed by atoms with Crippen LogP contribution in [0.25, 0.3) is 0 Å². The fourth-order valence-electron chi connectivity index (χ4n) is 2.21. The third kappa shape index (κ3) is 5.94. The van der Waals surface area contributed by atoms with Crippen molar-refractivity contribution in [2.45, 2.75) is 59.2 Å². The van der Waals surface area contributed by atoms with Gasteiger partial charge in [0.1, 0.15) is 0 Å². The van der Waals surface area contributed by atoms with Crippen molar-refractivity contribution in [3.63, 3.8) is 0 Å². The first kappa shape index (κ1) is 14.3. The van der Waals surface area contributed by atoms with E-state index in [1.165, 1.54) is 5.43 Å². The van der Waals surface area contributed by atoms with Crippen molar-refractivity contribution >= 4 is 5.71 Å². The molecule has 0 aromatic rings. The lowest BCUT2D eigenvalue weighted by Crippen LogP contribution is -2.30. The molecule has 17 heavy (non-hydrogen) atoms. The molecule has 0 saturated heterocycles. The molecule has 1 rings (SSSR count). The number of nitrogens with one attached hydrogen (secondary N) is 1. The second-order valence-corrected chi connectivity index (χ2v) is 5.93. The maximum absolute atomic E-state index is 12.1.